The van der Waals surface area contributed by atoms with Crippen molar-refractivity contribution in [3.05, 3.63) is 83.4 Å². The first-order valence-corrected chi connectivity index (χ1v) is 10.1. The molecule has 0 spiro atoms. The lowest BCUT2D eigenvalue weighted by atomic mass is 10.1. The highest BCUT2D eigenvalue weighted by atomic mass is 16.5. The van der Waals surface area contributed by atoms with Crippen LogP contribution in [0.5, 0.6) is 5.75 Å². The average molecular weight is 415 g/mol. The average Bonchev–Trinajstić information content (AvgIpc) is 2.76. The first-order valence-electron chi connectivity index (χ1n) is 10.1. The number of benzene rings is 3. The number of hydrogen-bond donors (Lipinski definition) is 1. The SMILES string of the molecule is Cc1cc(C(=O)Nc2ccc3c(c2)N(Cc2ccccc2)C(=O)CO3)ccc1N(C)C. The second-order valence-corrected chi connectivity index (χ2v) is 7.79. The molecular weight excluding hydrogens is 390 g/mol. The molecule has 6 heteroatoms. The summed E-state index contributed by atoms with van der Waals surface area (Å²) in [6.45, 7) is 2.43. The Labute approximate surface area is 182 Å². The smallest absolute Gasteiger partial charge is 0.265 e. The molecule has 0 fully saturated rings. The fourth-order valence-corrected chi connectivity index (χ4v) is 3.72. The molecular formula is C25H25N3O3. The van der Waals surface area contributed by atoms with Crippen molar-refractivity contribution in [2.45, 2.75) is 13.5 Å². The van der Waals surface area contributed by atoms with Gasteiger partial charge in [-0.2, -0.15) is 0 Å². The molecule has 0 radical (unpaired) electrons. The van der Waals surface area contributed by atoms with Crippen molar-refractivity contribution >= 4 is 28.9 Å². The number of aryl methyl sites for hydroxylation is 1. The summed E-state index contributed by atoms with van der Waals surface area (Å²) in [5.41, 5.74) is 4.95. The number of rotatable bonds is 5. The molecule has 31 heavy (non-hydrogen) atoms. The number of amides is 2. The van der Waals surface area contributed by atoms with Crippen LogP contribution in [0.4, 0.5) is 17.1 Å². The Morgan fingerprint density at radius 2 is 1.84 bits per heavy atom. The summed E-state index contributed by atoms with van der Waals surface area (Å²) in [5.74, 6) is 0.306. The van der Waals surface area contributed by atoms with Crippen LogP contribution in [0.25, 0.3) is 0 Å². The maximum absolute atomic E-state index is 12.8. The lowest BCUT2D eigenvalue weighted by Crippen LogP contribution is -2.38. The summed E-state index contributed by atoms with van der Waals surface area (Å²) in [4.78, 5) is 29.1. The van der Waals surface area contributed by atoms with Gasteiger partial charge in [0.05, 0.1) is 12.2 Å². The predicted octanol–water partition coefficient (Wildman–Crippen LogP) is 4.24. The van der Waals surface area contributed by atoms with E-state index in [0.717, 1.165) is 16.8 Å². The Morgan fingerprint density at radius 3 is 2.55 bits per heavy atom. The third-order valence-corrected chi connectivity index (χ3v) is 5.28. The van der Waals surface area contributed by atoms with Gasteiger partial charge in [-0.15, -0.1) is 0 Å². The molecule has 0 aliphatic carbocycles. The molecule has 3 aromatic rings. The number of anilines is 3. The Balaban J connectivity index is 1.58. The monoisotopic (exact) mass is 415 g/mol. The van der Waals surface area contributed by atoms with Crippen LogP contribution >= 0.6 is 0 Å². The first kappa shape index (κ1) is 20.5. The molecule has 0 saturated heterocycles. The number of carbonyl (C=O) groups is 2. The second-order valence-electron chi connectivity index (χ2n) is 7.79. The molecule has 4 rings (SSSR count). The van der Waals surface area contributed by atoms with Crippen molar-refractivity contribution in [3.8, 4) is 5.75 Å². The molecule has 3 aromatic carbocycles. The normalized spacial score (nSPS) is 12.7. The Hall–Kier alpha value is -3.80. The summed E-state index contributed by atoms with van der Waals surface area (Å²) in [6, 6.07) is 20.8. The fourth-order valence-electron chi connectivity index (χ4n) is 3.72. The predicted molar refractivity (Wildman–Crippen MR) is 123 cm³/mol. The number of nitrogens with one attached hydrogen (secondary N) is 1. The van der Waals surface area contributed by atoms with Gasteiger partial charge >= 0.3 is 0 Å². The van der Waals surface area contributed by atoms with E-state index in [-0.39, 0.29) is 18.4 Å². The van der Waals surface area contributed by atoms with Crippen LogP contribution in [0.15, 0.2) is 66.7 Å². The Morgan fingerprint density at radius 1 is 1.06 bits per heavy atom. The number of nitrogens with zero attached hydrogens (tertiary/aromatic N) is 2. The van der Waals surface area contributed by atoms with Crippen LogP contribution in [0.1, 0.15) is 21.5 Å². The fraction of sp³-hybridized carbons (Fsp3) is 0.200. The molecule has 1 heterocycles. The van der Waals surface area contributed by atoms with Crippen LogP contribution < -0.4 is 19.9 Å². The minimum Gasteiger partial charge on any atom is -0.482 e. The topological polar surface area (TPSA) is 61.9 Å². The summed E-state index contributed by atoms with van der Waals surface area (Å²) < 4.78 is 5.59. The van der Waals surface area contributed by atoms with E-state index in [0.29, 0.717) is 29.2 Å². The van der Waals surface area contributed by atoms with Gasteiger partial charge in [0.1, 0.15) is 5.75 Å². The van der Waals surface area contributed by atoms with Crippen molar-refractivity contribution in [1.29, 1.82) is 0 Å². The number of hydrogen-bond acceptors (Lipinski definition) is 4. The standard InChI is InChI=1S/C25H25N3O3/c1-17-13-19(9-11-21(17)27(2)3)25(30)26-20-10-12-23-22(14-20)28(24(29)16-31-23)15-18-7-5-4-6-8-18/h4-14H,15-16H2,1-3H3,(H,26,30). The van der Waals surface area contributed by atoms with Crippen molar-refractivity contribution in [2.75, 3.05) is 35.8 Å². The van der Waals surface area contributed by atoms with Crippen LogP contribution in [-0.2, 0) is 11.3 Å². The Kier molecular flexibility index (Phi) is 5.62. The van der Waals surface area contributed by atoms with Gasteiger partial charge in [0, 0.05) is 31.0 Å². The van der Waals surface area contributed by atoms with E-state index in [9.17, 15) is 9.59 Å². The van der Waals surface area contributed by atoms with E-state index >= 15 is 0 Å². The van der Waals surface area contributed by atoms with Gasteiger partial charge in [0.15, 0.2) is 6.61 Å². The minimum absolute atomic E-state index is 0.00302. The summed E-state index contributed by atoms with van der Waals surface area (Å²) >= 11 is 0. The van der Waals surface area contributed by atoms with Crippen molar-refractivity contribution in [3.63, 3.8) is 0 Å². The van der Waals surface area contributed by atoms with E-state index < -0.39 is 0 Å². The van der Waals surface area contributed by atoms with Crippen LogP contribution in [0.3, 0.4) is 0 Å². The molecule has 0 aromatic heterocycles. The molecule has 158 valence electrons. The molecule has 6 nitrogen and oxygen atoms in total. The van der Waals surface area contributed by atoms with Crippen molar-refractivity contribution < 1.29 is 14.3 Å². The number of fused-ring (bicyclic) bond motifs is 1. The van der Waals surface area contributed by atoms with E-state index in [1.54, 1.807) is 23.1 Å². The van der Waals surface area contributed by atoms with E-state index in [1.165, 1.54) is 0 Å². The van der Waals surface area contributed by atoms with E-state index in [4.69, 9.17) is 4.74 Å². The van der Waals surface area contributed by atoms with Gasteiger partial charge in [-0.05, 0) is 54.4 Å². The molecule has 0 bridgehead atoms. The highest BCUT2D eigenvalue weighted by Crippen LogP contribution is 2.35. The highest BCUT2D eigenvalue weighted by Gasteiger charge is 2.26. The first-order chi connectivity index (χ1) is 14.9. The zero-order valence-corrected chi connectivity index (χ0v) is 17.9. The largest absolute Gasteiger partial charge is 0.482 e. The van der Waals surface area contributed by atoms with Gasteiger partial charge in [-0.3, -0.25) is 9.59 Å². The highest BCUT2D eigenvalue weighted by molar-refractivity contribution is 6.05. The quantitative estimate of drug-likeness (QED) is 0.677. The lowest BCUT2D eigenvalue weighted by Gasteiger charge is -2.30. The van der Waals surface area contributed by atoms with Crippen LogP contribution in [0, 0.1) is 6.92 Å². The Bertz CT molecular complexity index is 1130. The van der Waals surface area contributed by atoms with Gasteiger partial charge in [-0.25, -0.2) is 0 Å². The van der Waals surface area contributed by atoms with Crippen molar-refractivity contribution in [1.82, 2.24) is 0 Å². The van der Waals surface area contributed by atoms with Gasteiger partial charge < -0.3 is 19.9 Å². The molecule has 0 atom stereocenters. The third kappa shape index (κ3) is 4.38. The summed E-state index contributed by atoms with van der Waals surface area (Å²) in [6.07, 6.45) is 0. The molecule has 0 saturated carbocycles. The van der Waals surface area contributed by atoms with Crippen LogP contribution in [-0.4, -0.2) is 32.5 Å². The van der Waals surface area contributed by atoms with E-state index in [2.05, 4.69) is 5.32 Å². The lowest BCUT2D eigenvalue weighted by molar-refractivity contribution is -0.121. The third-order valence-electron chi connectivity index (χ3n) is 5.28. The molecule has 1 aliphatic heterocycles. The maximum Gasteiger partial charge on any atom is 0.265 e. The van der Waals surface area contributed by atoms with Crippen LogP contribution in [0.2, 0.25) is 0 Å². The summed E-state index contributed by atoms with van der Waals surface area (Å²) in [5, 5.41) is 2.94. The zero-order valence-electron chi connectivity index (χ0n) is 17.9. The zero-order chi connectivity index (χ0) is 22.0. The molecule has 1 aliphatic rings. The van der Waals surface area contributed by atoms with E-state index in [1.807, 2.05) is 74.4 Å². The molecule has 2 amide bonds. The number of carbonyl (C=O) groups excluding carboxylic acids is 2. The molecule has 0 unspecified atom stereocenters. The second kappa shape index (κ2) is 8.52. The minimum atomic E-state index is -0.203. The molecule has 1 N–H and O–H groups in total. The summed E-state index contributed by atoms with van der Waals surface area (Å²) in [7, 11) is 3.94. The maximum atomic E-state index is 12.8. The number of ether oxygens (including phenoxy) is 1. The van der Waals surface area contributed by atoms with Crippen molar-refractivity contribution in [2.24, 2.45) is 0 Å². The van der Waals surface area contributed by atoms with Gasteiger partial charge in [0.2, 0.25) is 0 Å². The van der Waals surface area contributed by atoms with Gasteiger partial charge in [0.25, 0.3) is 11.8 Å². The van der Waals surface area contributed by atoms with Gasteiger partial charge in [-0.1, -0.05) is 30.3 Å².